The molecular formula is C18H20FN3O2S. The Morgan fingerprint density at radius 1 is 1.36 bits per heavy atom. The minimum atomic E-state index is -0.426. The van der Waals surface area contributed by atoms with Crippen LogP contribution in [0.1, 0.15) is 31.7 Å². The van der Waals surface area contributed by atoms with Crippen LogP contribution in [-0.2, 0) is 9.59 Å². The molecule has 0 aromatic heterocycles. The fourth-order valence-electron chi connectivity index (χ4n) is 2.71. The van der Waals surface area contributed by atoms with Crippen LogP contribution in [0.4, 0.5) is 4.39 Å². The van der Waals surface area contributed by atoms with Gasteiger partial charge >= 0.3 is 0 Å². The Bertz CT molecular complexity index is 721. The molecule has 0 unspecified atom stereocenters. The highest BCUT2D eigenvalue weighted by atomic mass is 32.2. The summed E-state index contributed by atoms with van der Waals surface area (Å²) in [7, 11) is 0. The van der Waals surface area contributed by atoms with E-state index in [9.17, 15) is 19.2 Å². The molecule has 1 aliphatic rings. The molecule has 2 rings (SSSR count). The zero-order chi connectivity index (χ0) is 18.4. The standard InChI is InChI=1S/C18H20FN3O2S/c1-3-22(4-2)17(24)11-25-18-15(10-20)14(9-16(23)21-18)12-5-7-13(19)8-6-12/h5-8,14H,3-4,9,11H2,1-2H3,(H,21,23)/t14-/m0/s1. The van der Waals surface area contributed by atoms with Crippen molar-refractivity contribution >= 4 is 23.6 Å². The largest absolute Gasteiger partial charge is 0.343 e. The van der Waals surface area contributed by atoms with Crippen LogP contribution in [0.2, 0.25) is 0 Å². The Balaban J connectivity index is 2.24. The number of carbonyl (C=O) groups is 2. The van der Waals surface area contributed by atoms with Crippen molar-refractivity contribution in [2.75, 3.05) is 18.8 Å². The van der Waals surface area contributed by atoms with Crippen molar-refractivity contribution in [1.29, 1.82) is 5.26 Å². The second kappa shape index (κ2) is 8.67. The minimum Gasteiger partial charge on any atom is -0.343 e. The maximum Gasteiger partial charge on any atom is 0.232 e. The number of carbonyl (C=O) groups excluding carboxylic acids is 2. The predicted molar refractivity (Wildman–Crippen MR) is 94.9 cm³/mol. The van der Waals surface area contributed by atoms with Crippen molar-refractivity contribution in [3.8, 4) is 6.07 Å². The van der Waals surface area contributed by atoms with Gasteiger partial charge in [0.15, 0.2) is 0 Å². The van der Waals surface area contributed by atoms with Gasteiger partial charge in [0, 0.05) is 25.4 Å². The van der Waals surface area contributed by atoms with E-state index in [1.54, 1.807) is 17.0 Å². The van der Waals surface area contributed by atoms with E-state index in [1.807, 2.05) is 13.8 Å². The van der Waals surface area contributed by atoms with E-state index in [1.165, 1.54) is 12.1 Å². The lowest BCUT2D eigenvalue weighted by molar-refractivity contribution is -0.128. The molecule has 0 spiro atoms. The van der Waals surface area contributed by atoms with Crippen LogP contribution in [0, 0.1) is 17.1 Å². The highest BCUT2D eigenvalue weighted by Crippen LogP contribution is 2.35. The van der Waals surface area contributed by atoms with Crippen molar-refractivity contribution < 1.29 is 14.0 Å². The van der Waals surface area contributed by atoms with Gasteiger partial charge < -0.3 is 10.2 Å². The Morgan fingerprint density at radius 2 is 2.00 bits per heavy atom. The van der Waals surface area contributed by atoms with Gasteiger partial charge in [-0.15, -0.1) is 0 Å². The Morgan fingerprint density at radius 3 is 2.56 bits per heavy atom. The second-order valence-corrected chi connectivity index (χ2v) is 6.55. The smallest absolute Gasteiger partial charge is 0.232 e. The predicted octanol–water partition coefficient (Wildman–Crippen LogP) is 2.77. The number of nitrogens with zero attached hydrogens (tertiary/aromatic N) is 2. The average Bonchev–Trinajstić information content (AvgIpc) is 2.61. The molecule has 0 bridgehead atoms. The molecule has 7 heteroatoms. The Kier molecular flexibility index (Phi) is 6.59. The summed E-state index contributed by atoms with van der Waals surface area (Å²) in [6.45, 7) is 5.03. The lowest BCUT2D eigenvalue weighted by Crippen LogP contribution is -2.34. The summed E-state index contributed by atoms with van der Waals surface area (Å²) in [4.78, 5) is 25.9. The van der Waals surface area contributed by atoms with Crippen LogP contribution >= 0.6 is 11.8 Å². The number of benzene rings is 1. The summed E-state index contributed by atoms with van der Waals surface area (Å²) in [5.41, 5.74) is 1.12. The third-order valence-corrected chi connectivity index (χ3v) is 5.09. The maximum atomic E-state index is 13.1. The van der Waals surface area contributed by atoms with Gasteiger partial charge in [0.05, 0.1) is 22.4 Å². The molecule has 1 heterocycles. The van der Waals surface area contributed by atoms with E-state index >= 15 is 0 Å². The lowest BCUT2D eigenvalue weighted by atomic mass is 9.87. The van der Waals surface area contributed by atoms with Gasteiger partial charge in [-0.05, 0) is 31.5 Å². The molecule has 2 amide bonds. The van der Waals surface area contributed by atoms with Gasteiger partial charge in [-0.2, -0.15) is 5.26 Å². The first kappa shape index (κ1) is 19.0. The van der Waals surface area contributed by atoms with Crippen LogP contribution in [-0.4, -0.2) is 35.6 Å². The van der Waals surface area contributed by atoms with E-state index in [4.69, 9.17) is 0 Å². The molecule has 0 fully saturated rings. The summed E-state index contributed by atoms with van der Waals surface area (Å²) >= 11 is 1.16. The Hall–Kier alpha value is -2.33. The summed E-state index contributed by atoms with van der Waals surface area (Å²) in [5.74, 6) is -0.904. The van der Waals surface area contributed by atoms with Crippen molar-refractivity contribution in [2.45, 2.75) is 26.2 Å². The number of amides is 2. The number of halogens is 1. The molecule has 0 saturated carbocycles. The molecule has 1 N–H and O–H groups in total. The van der Waals surface area contributed by atoms with E-state index in [-0.39, 0.29) is 29.8 Å². The first-order valence-corrected chi connectivity index (χ1v) is 9.08. The van der Waals surface area contributed by atoms with Crippen molar-refractivity contribution in [3.05, 3.63) is 46.2 Å². The topological polar surface area (TPSA) is 73.2 Å². The molecule has 0 radical (unpaired) electrons. The van der Waals surface area contributed by atoms with E-state index in [0.29, 0.717) is 29.3 Å². The minimum absolute atomic E-state index is 0.0436. The SMILES string of the molecule is CCN(CC)C(=O)CSC1=C(C#N)[C@H](c2ccc(F)cc2)CC(=O)N1. The van der Waals surface area contributed by atoms with Crippen molar-refractivity contribution in [1.82, 2.24) is 10.2 Å². The quantitative estimate of drug-likeness (QED) is 0.846. The zero-order valence-electron chi connectivity index (χ0n) is 14.2. The van der Waals surface area contributed by atoms with Gasteiger partial charge in [0.25, 0.3) is 0 Å². The lowest BCUT2D eigenvalue weighted by Gasteiger charge is -2.25. The number of nitrogens with one attached hydrogen (secondary N) is 1. The van der Waals surface area contributed by atoms with Crippen LogP contribution in [0.5, 0.6) is 0 Å². The molecule has 1 aromatic rings. The highest BCUT2D eigenvalue weighted by molar-refractivity contribution is 8.03. The van der Waals surface area contributed by atoms with E-state index in [2.05, 4.69) is 11.4 Å². The first-order chi connectivity index (χ1) is 12.0. The number of allylic oxidation sites excluding steroid dienone is 1. The third-order valence-electron chi connectivity index (χ3n) is 4.08. The maximum absolute atomic E-state index is 13.1. The summed E-state index contributed by atoms with van der Waals surface area (Å²) in [5, 5.41) is 12.7. The molecule has 1 atom stereocenters. The van der Waals surface area contributed by atoms with Crippen LogP contribution in [0.15, 0.2) is 34.9 Å². The summed E-state index contributed by atoms with van der Waals surface area (Å²) < 4.78 is 13.1. The fraction of sp³-hybridized carbons (Fsp3) is 0.389. The second-order valence-electron chi connectivity index (χ2n) is 5.57. The van der Waals surface area contributed by atoms with Crippen LogP contribution < -0.4 is 5.32 Å². The summed E-state index contributed by atoms with van der Waals surface area (Å²) in [6.07, 6.45) is 0.128. The molecule has 1 aliphatic heterocycles. The Labute approximate surface area is 150 Å². The fourth-order valence-corrected chi connectivity index (χ4v) is 3.69. The monoisotopic (exact) mass is 361 g/mol. The average molecular weight is 361 g/mol. The van der Waals surface area contributed by atoms with Crippen molar-refractivity contribution in [3.63, 3.8) is 0 Å². The first-order valence-electron chi connectivity index (χ1n) is 8.10. The number of hydrogen-bond acceptors (Lipinski definition) is 4. The molecule has 0 saturated heterocycles. The molecule has 25 heavy (non-hydrogen) atoms. The zero-order valence-corrected chi connectivity index (χ0v) is 15.0. The number of hydrogen-bond donors (Lipinski definition) is 1. The van der Waals surface area contributed by atoms with E-state index < -0.39 is 5.92 Å². The van der Waals surface area contributed by atoms with Gasteiger partial charge in [-0.3, -0.25) is 9.59 Å². The van der Waals surface area contributed by atoms with E-state index in [0.717, 1.165) is 11.8 Å². The van der Waals surface area contributed by atoms with Gasteiger partial charge in [-0.25, -0.2) is 4.39 Å². The third kappa shape index (κ3) is 4.60. The van der Waals surface area contributed by atoms with Crippen molar-refractivity contribution in [2.24, 2.45) is 0 Å². The number of nitriles is 1. The summed E-state index contributed by atoms with van der Waals surface area (Å²) in [6, 6.07) is 7.94. The highest BCUT2D eigenvalue weighted by Gasteiger charge is 2.30. The molecule has 5 nitrogen and oxygen atoms in total. The molecule has 132 valence electrons. The van der Waals surface area contributed by atoms with Gasteiger partial charge in [0.1, 0.15) is 5.82 Å². The van der Waals surface area contributed by atoms with Crippen LogP contribution in [0.25, 0.3) is 0 Å². The molecular weight excluding hydrogens is 341 g/mol. The normalized spacial score (nSPS) is 17.0. The molecule has 0 aliphatic carbocycles. The van der Waals surface area contributed by atoms with Crippen LogP contribution in [0.3, 0.4) is 0 Å². The van der Waals surface area contributed by atoms with Gasteiger partial charge in [-0.1, -0.05) is 23.9 Å². The molecule has 1 aromatic carbocycles. The number of thioether (sulfide) groups is 1. The number of rotatable bonds is 6. The van der Waals surface area contributed by atoms with Gasteiger partial charge in [0.2, 0.25) is 11.8 Å².